The standard InChI is InChI=1S/C16H25O2/c1-4-5-9-12-16(2,3)15(17)13-18-14-10-7-6-8-11-14/h6-8,10-11,15H,4-5,9,12-13H2,1-3H3. The highest BCUT2D eigenvalue weighted by Gasteiger charge is 2.29. The van der Waals surface area contributed by atoms with Crippen LogP contribution in [0.5, 0.6) is 5.75 Å². The molecule has 2 heteroatoms. The zero-order chi connectivity index (χ0) is 13.4. The lowest BCUT2D eigenvalue weighted by atomic mass is 9.81. The predicted octanol–water partition coefficient (Wildman–Crippen LogP) is 4.47. The van der Waals surface area contributed by atoms with Crippen molar-refractivity contribution in [3.8, 4) is 5.75 Å². The van der Waals surface area contributed by atoms with E-state index in [2.05, 4.69) is 20.8 Å². The van der Waals surface area contributed by atoms with Crippen molar-refractivity contribution < 1.29 is 9.84 Å². The summed E-state index contributed by atoms with van der Waals surface area (Å²) in [6.45, 7) is 6.53. The minimum atomic E-state index is -0.672. The van der Waals surface area contributed by atoms with Gasteiger partial charge in [-0.1, -0.05) is 58.2 Å². The van der Waals surface area contributed by atoms with Crippen molar-refractivity contribution in [1.82, 2.24) is 0 Å². The highest BCUT2D eigenvalue weighted by Crippen LogP contribution is 2.29. The zero-order valence-corrected chi connectivity index (χ0v) is 11.8. The molecule has 0 N–H and O–H groups in total. The van der Waals surface area contributed by atoms with E-state index in [1.807, 2.05) is 30.3 Å². The fraction of sp³-hybridized carbons (Fsp3) is 0.625. The summed E-state index contributed by atoms with van der Waals surface area (Å²) in [6, 6.07) is 9.55. The molecule has 0 aliphatic rings. The van der Waals surface area contributed by atoms with Crippen LogP contribution in [0.25, 0.3) is 0 Å². The molecule has 0 saturated heterocycles. The van der Waals surface area contributed by atoms with Gasteiger partial charge in [-0.3, -0.25) is 0 Å². The van der Waals surface area contributed by atoms with Gasteiger partial charge in [-0.25, -0.2) is 5.11 Å². The molecule has 0 heterocycles. The number of hydrogen-bond donors (Lipinski definition) is 0. The molecule has 1 aromatic rings. The van der Waals surface area contributed by atoms with Crippen LogP contribution in [0.2, 0.25) is 0 Å². The molecule has 18 heavy (non-hydrogen) atoms. The number of rotatable bonds is 8. The molecule has 1 atom stereocenters. The molecule has 0 amide bonds. The van der Waals surface area contributed by atoms with E-state index in [4.69, 9.17) is 4.74 Å². The van der Waals surface area contributed by atoms with Gasteiger partial charge in [0.05, 0.1) is 0 Å². The van der Waals surface area contributed by atoms with E-state index in [-0.39, 0.29) is 12.0 Å². The van der Waals surface area contributed by atoms with E-state index in [0.717, 1.165) is 18.6 Å². The van der Waals surface area contributed by atoms with Gasteiger partial charge in [-0.15, -0.1) is 0 Å². The molecule has 1 rings (SSSR count). The third-order valence-electron chi connectivity index (χ3n) is 3.44. The van der Waals surface area contributed by atoms with Crippen molar-refractivity contribution in [2.75, 3.05) is 6.61 Å². The maximum Gasteiger partial charge on any atom is 0.132 e. The maximum atomic E-state index is 12.2. The Hall–Kier alpha value is -1.02. The van der Waals surface area contributed by atoms with Gasteiger partial charge >= 0.3 is 0 Å². The molecule has 101 valence electrons. The van der Waals surface area contributed by atoms with Crippen LogP contribution in [-0.4, -0.2) is 12.7 Å². The largest absolute Gasteiger partial charge is 0.491 e. The van der Waals surface area contributed by atoms with E-state index in [1.165, 1.54) is 12.8 Å². The number of hydrogen-bond acceptors (Lipinski definition) is 1. The minimum Gasteiger partial charge on any atom is -0.491 e. The Kier molecular flexibility index (Phi) is 6.20. The summed E-state index contributed by atoms with van der Waals surface area (Å²) in [5.74, 6) is 0.780. The first-order valence-electron chi connectivity index (χ1n) is 6.90. The van der Waals surface area contributed by atoms with Crippen LogP contribution in [-0.2, 0) is 5.11 Å². The molecule has 2 nitrogen and oxygen atoms in total. The van der Waals surface area contributed by atoms with Crippen molar-refractivity contribution in [2.24, 2.45) is 5.41 Å². The van der Waals surface area contributed by atoms with E-state index >= 15 is 0 Å². The van der Waals surface area contributed by atoms with Crippen LogP contribution in [0, 0.1) is 5.41 Å². The summed E-state index contributed by atoms with van der Waals surface area (Å²) < 4.78 is 5.55. The fourth-order valence-electron chi connectivity index (χ4n) is 1.91. The second-order valence-corrected chi connectivity index (χ2v) is 5.56. The summed E-state index contributed by atoms with van der Waals surface area (Å²) in [7, 11) is 0. The Balaban J connectivity index is 2.36. The number of benzene rings is 1. The Morgan fingerprint density at radius 3 is 2.44 bits per heavy atom. The maximum absolute atomic E-state index is 12.2. The normalized spacial score (nSPS) is 13.3. The average Bonchev–Trinajstić information content (AvgIpc) is 2.37. The fourth-order valence-corrected chi connectivity index (χ4v) is 1.91. The summed E-state index contributed by atoms with van der Waals surface area (Å²) in [5, 5.41) is 12.2. The van der Waals surface area contributed by atoms with Gasteiger partial charge in [0.15, 0.2) is 0 Å². The Morgan fingerprint density at radius 2 is 1.83 bits per heavy atom. The Morgan fingerprint density at radius 1 is 1.17 bits per heavy atom. The number of unbranched alkanes of at least 4 members (excludes halogenated alkanes) is 2. The van der Waals surface area contributed by atoms with E-state index in [0.29, 0.717) is 0 Å². The monoisotopic (exact) mass is 249 g/mol. The number of para-hydroxylation sites is 1. The van der Waals surface area contributed by atoms with Crippen molar-refractivity contribution in [1.29, 1.82) is 0 Å². The third-order valence-corrected chi connectivity index (χ3v) is 3.44. The van der Waals surface area contributed by atoms with Crippen LogP contribution in [0.4, 0.5) is 0 Å². The lowest BCUT2D eigenvalue weighted by molar-refractivity contribution is -0.0432. The van der Waals surface area contributed by atoms with E-state index in [9.17, 15) is 5.11 Å². The highest BCUT2D eigenvalue weighted by molar-refractivity contribution is 5.20. The molecule has 0 spiro atoms. The second-order valence-electron chi connectivity index (χ2n) is 5.56. The molecule has 0 saturated carbocycles. The topological polar surface area (TPSA) is 29.1 Å². The average molecular weight is 249 g/mol. The highest BCUT2D eigenvalue weighted by atomic mass is 16.5. The molecule has 0 fully saturated rings. The summed E-state index contributed by atoms with van der Waals surface area (Å²) >= 11 is 0. The van der Waals surface area contributed by atoms with Crippen LogP contribution in [0.15, 0.2) is 30.3 Å². The van der Waals surface area contributed by atoms with Gasteiger partial charge in [0.1, 0.15) is 18.5 Å². The molecule has 1 radical (unpaired) electrons. The lowest BCUT2D eigenvalue weighted by Gasteiger charge is -2.28. The molecule has 0 aliphatic carbocycles. The van der Waals surface area contributed by atoms with Crippen LogP contribution < -0.4 is 4.74 Å². The minimum absolute atomic E-state index is 0.191. The molecule has 0 aromatic heterocycles. The van der Waals surface area contributed by atoms with Crippen LogP contribution in [0.3, 0.4) is 0 Å². The van der Waals surface area contributed by atoms with Crippen molar-refractivity contribution in [3.63, 3.8) is 0 Å². The first kappa shape index (κ1) is 15.0. The van der Waals surface area contributed by atoms with Gasteiger partial charge in [-0.05, 0) is 24.0 Å². The van der Waals surface area contributed by atoms with Crippen molar-refractivity contribution in [2.45, 2.75) is 52.6 Å². The smallest absolute Gasteiger partial charge is 0.132 e. The molecule has 1 aromatic carbocycles. The summed E-state index contributed by atoms with van der Waals surface area (Å²) in [6.07, 6.45) is 3.84. The molecular weight excluding hydrogens is 224 g/mol. The van der Waals surface area contributed by atoms with Crippen molar-refractivity contribution in [3.05, 3.63) is 30.3 Å². The van der Waals surface area contributed by atoms with Crippen LogP contribution in [0.1, 0.15) is 46.5 Å². The zero-order valence-electron chi connectivity index (χ0n) is 11.8. The van der Waals surface area contributed by atoms with Gasteiger partial charge in [0.2, 0.25) is 0 Å². The van der Waals surface area contributed by atoms with Gasteiger partial charge in [-0.2, -0.15) is 0 Å². The summed E-state index contributed by atoms with van der Waals surface area (Å²) in [5.41, 5.74) is -0.191. The quantitative estimate of drug-likeness (QED) is 0.625. The molecule has 1 unspecified atom stereocenters. The third kappa shape index (κ3) is 5.09. The number of ether oxygens (including phenoxy) is 1. The predicted molar refractivity (Wildman–Crippen MR) is 74.3 cm³/mol. The second kappa shape index (κ2) is 7.42. The van der Waals surface area contributed by atoms with Crippen molar-refractivity contribution >= 4 is 0 Å². The SMILES string of the molecule is CCCCCC(C)(C)C([O])COc1ccccc1. The van der Waals surface area contributed by atoms with Gasteiger partial charge < -0.3 is 4.74 Å². The van der Waals surface area contributed by atoms with Crippen LogP contribution >= 0.6 is 0 Å². The first-order valence-corrected chi connectivity index (χ1v) is 6.90. The van der Waals surface area contributed by atoms with E-state index < -0.39 is 6.10 Å². The first-order chi connectivity index (χ1) is 8.56. The molecule has 0 bridgehead atoms. The van der Waals surface area contributed by atoms with Gasteiger partial charge in [0.25, 0.3) is 0 Å². The van der Waals surface area contributed by atoms with E-state index in [1.54, 1.807) is 0 Å². The van der Waals surface area contributed by atoms with Gasteiger partial charge in [0, 0.05) is 0 Å². The summed E-state index contributed by atoms with van der Waals surface area (Å²) in [4.78, 5) is 0. The lowest BCUT2D eigenvalue weighted by Crippen LogP contribution is -2.33. The molecular formula is C16H25O2. The Labute approximate surface area is 111 Å². The molecule has 0 aliphatic heterocycles. The Bertz CT molecular complexity index is 319.